The van der Waals surface area contributed by atoms with Gasteiger partial charge in [-0.3, -0.25) is 4.79 Å². The standard InChI is InChI=1S/C9H11FO2/c1-6(11)4-5-9(10)7(2)8(3)12/h4-5,11H,2H2,1,3H3/b6-4+,9-5+. The number of allylic oxidation sites excluding steroid dienone is 5. The van der Waals surface area contributed by atoms with Gasteiger partial charge in [0.05, 0.1) is 5.76 Å². The third-order valence-corrected chi connectivity index (χ3v) is 1.18. The summed E-state index contributed by atoms with van der Waals surface area (Å²) in [7, 11) is 0. The van der Waals surface area contributed by atoms with Crippen molar-refractivity contribution in [1.29, 1.82) is 0 Å². The average molecular weight is 170 g/mol. The zero-order valence-electron chi connectivity index (χ0n) is 7.10. The van der Waals surface area contributed by atoms with E-state index in [4.69, 9.17) is 5.11 Å². The van der Waals surface area contributed by atoms with Gasteiger partial charge >= 0.3 is 0 Å². The van der Waals surface area contributed by atoms with Gasteiger partial charge in [0.25, 0.3) is 0 Å². The topological polar surface area (TPSA) is 37.3 Å². The van der Waals surface area contributed by atoms with Gasteiger partial charge in [-0.05, 0) is 26.0 Å². The second-order valence-electron chi connectivity index (χ2n) is 2.36. The highest BCUT2D eigenvalue weighted by Crippen LogP contribution is 2.10. The van der Waals surface area contributed by atoms with Gasteiger partial charge in [-0.1, -0.05) is 6.58 Å². The first-order valence-corrected chi connectivity index (χ1v) is 3.38. The van der Waals surface area contributed by atoms with Crippen LogP contribution in [0.5, 0.6) is 0 Å². The fourth-order valence-corrected chi connectivity index (χ4v) is 0.463. The van der Waals surface area contributed by atoms with Crippen molar-refractivity contribution in [1.82, 2.24) is 0 Å². The number of rotatable bonds is 3. The molecule has 0 aromatic carbocycles. The summed E-state index contributed by atoms with van der Waals surface area (Å²) in [6.07, 6.45) is 2.16. The summed E-state index contributed by atoms with van der Waals surface area (Å²) < 4.78 is 12.8. The Morgan fingerprint density at radius 3 is 2.25 bits per heavy atom. The van der Waals surface area contributed by atoms with Crippen LogP contribution in [0.15, 0.2) is 35.9 Å². The summed E-state index contributed by atoms with van der Waals surface area (Å²) in [6, 6.07) is 0. The van der Waals surface area contributed by atoms with E-state index in [2.05, 4.69) is 6.58 Å². The van der Waals surface area contributed by atoms with Gasteiger partial charge in [0, 0.05) is 5.57 Å². The van der Waals surface area contributed by atoms with E-state index in [1.165, 1.54) is 13.8 Å². The van der Waals surface area contributed by atoms with Gasteiger partial charge < -0.3 is 5.11 Å². The lowest BCUT2D eigenvalue weighted by Gasteiger charge is -1.94. The Bertz CT molecular complexity index is 258. The summed E-state index contributed by atoms with van der Waals surface area (Å²) in [5.74, 6) is -1.18. The Labute approximate surface area is 70.7 Å². The molecule has 0 radical (unpaired) electrons. The van der Waals surface area contributed by atoms with Crippen molar-refractivity contribution >= 4 is 5.78 Å². The fourth-order valence-electron chi connectivity index (χ4n) is 0.463. The largest absolute Gasteiger partial charge is 0.513 e. The number of carbonyl (C=O) groups excluding carboxylic acids is 1. The molecule has 0 aliphatic rings. The van der Waals surface area contributed by atoms with Crippen LogP contribution in [0.2, 0.25) is 0 Å². The van der Waals surface area contributed by atoms with Crippen molar-refractivity contribution in [2.24, 2.45) is 0 Å². The van der Waals surface area contributed by atoms with Crippen LogP contribution in [0, 0.1) is 0 Å². The van der Waals surface area contributed by atoms with Crippen molar-refractivity contribution in [3.8, 4) is 0 Å². The number of carbonyl (C=O) groups is 1. The number of Topliss-reactive ketones (excluding diaryl/α,β-unsaturated/α-hetero) is 1. The summed E-state index contributed by atoms with van der Waals surface area (Å²) in [5.41, 5.74) is -0.187. The Morgan fingerprint density at radius 2 is 1.92 bits per heavy atom. The Morgan fingerprint density at radius 1 is 1.42 bits per heavy atom. The first-order valence-electron chi connectivity index (χ1n) is 3.38. The highest BCUT2D eigenvalue weighted by Gasteiger charge is 2.04. The lowest BCUT2D eigenvalue weighted by molar-refractivity contribution is -0.113. The zero-order chi connectivity index (χ0) is 9.72. The molecule has 0 aromatic rings. The minimum absolute atomic E-state index is 0.0264. The second kappa shape index (κ2) is 4.49. The number of aliphatic hydroxyl groups is 1. The Kier molecular flexibility index (Phi) is 3.97. The maximum atomic E-state index is 12.8. The monoisotopic (exact) mass is 170 g/mol. The lowest BCUT2D eigenvalue weighted by atomic mass is 10.2. The Balaban J connectivity index is 4.49. The van der Waals surface area contributed by atoms with Crippen LogP contribution in [0.3, 0.4) is 0 Å². The van der Waals surface area contributed by atoms with Crippen LogP contribution in [-0.4, -0.2) is 10.9 Å². The van der Waals surface area contributed by atoms with Crippen LogP contribution in [0.1, 0.15) is 13.8 Å². The van der Waals surface area contributed by atoms with Crippen LogP contribution < -0.4 is 0 Å². The van der Waals surface area contributed by atoms with E-state index in [0.717, 1.165) is 12.2 Å². The SMILES string of the molecule is C=C(C(C)=O)/C(F)=C\C=C(/C)O. The van der Waals surface area contributed by atoms with E-state index in [0.29, 0.717) is 0 Å². The summed E-state index contributed by atoms with van der Waals surface area (Å²) in [4.78, 5) is 10.6. The minimum atomic E-state index is -0.726. The predicted molar refractivity (Wildman–Crippen MR) is 45.4 cm³/mol. The van der Waals surface area contributed by atoms with Crippen LogP contribution in [0.4, 0.5) is 4.39 Å². The summed E-state index contributed by atoms with van der Waals surface area (Å²) in [5, 5.41) is 8.66. The lowest BCUT2D eigenvalue weighted by Crippen LogP contribution is -1.94. The molecule has 0 unspecified atom stereocenters. The van der Waals surface area contributed by atoms with Crippen molar-refractivity contribution in [2.45, 2.75) is 13.8 Å². The van der Waals surface area contributed by atoms with E-state index >= 15 is 0 Å². The predicted octanol–water partition coefficient (Wildman–Crippen LogP) is 2.45. The van der Waals surface area contributed by atoms with Gasteiger partial charge in [0.2, 0.25) is 0 Å². The molecule has 0 heterocycles. The highest BCUT2D eigenvalue weighted by atomic mass is 19.1. The molecule has 3 heteroatoms. The second-order valence-corrected chi connectivity index (χ2v) is 2.36. The molecule has 12 heavy (non-hydrogen) atoms. The molecular weight excluding hydrogens is 159 g/mol. The van der Waals surface area contributed by atoms with E-state index in [9.17, 15) is 9.18 Å². The van der Waals surface area contributed by atoms with E-state index in [-0.39, 0.29) is 11.3 Å². The fraction of sp³-hybridized carbons (Fsp3) is 0.222. The number of hydrogen-bond donors (Lipinski definition) is 1. The van der Waals surface area contributed by atoms with Crippen molar-refractivity contribution in [3.05, 3.63) is 35.9 Å². The summed E-state index contributed by atoms with van der Waals surface area (Å²) >= 11 is 0. The first kappa shape index (κ1) is 10.6. The number of ketones is 1. The summed E-state index contributed by atoms with van der Waals surface area (Å²) in [6.45, 7) is 5.86. The molecule has 0 rings (SSSR count). The van der Waals surface area contributed by atoms with Gasteiger partial charge in [-0.2, -0.15) is 0 Å². The molecule has 0 saturated heterocycles. The van der Waals surface area contributed by atoms with Gasteiger partial charge in [0.15, 0.2) is 5.78 Å². The third kappa shape index (κ3) is 3.71. The van der Waals surface area contributed by atoms with E-state index < -0.39 is 11.6 Å². The highest BCUT2D eigenvalue weighted by molar-refractivity contribution is 5.96. The molecule has 66 valence electrons. The molecule has 0 aliphatic carbocycles. The van der Waals surface area contributed by atoms with Crippen LogP contribution in [-0.2, 0) is 4.79 Å². The average Bonchev–Trinajstić information content (AvgIpc) is 1.98. The molecule has 2 nitrogen and oxygen atoms in total. The number of aliphatic hydroxyl groups excluding tert-OH is 1. The maximum Gasteiger partial charge on any atom is 0.162 e. The van der Waals surface area contributed by atoms with Gasteiger partial charge in [-0.25, -0.2) is 4.39 Å². The number of halogens is 1. The quantitative estimate of drug-likeness (QED) is 0.401. The van der Waals surface area contributed by atoms with Crippen molar-refractivity contribution in [2.75, 3.05) is 0 Å². The normalized spacial score (nSPS) is 12.9. The molecule has 0 amide bonds. The Hall–Kier alpha value is -1.38. The van der Waals surface area contributed by atoms with E-state index in [1.54, 1.807) is 0 Å². The van der Waals surface area contributed by atoms with Gasteiger partial charge in [-0.15, -0.1) is 0 Å². The molecule has 1 N–H and O–H groups in total. The van der Waals surface area contributed by atoms with Crippen molar-refractivity contribution in [3.63, 3.8) is 0 Å². The molecule has 0 aliphatic heterocycles. The first-order chi connectivity index (χ1) is 5.45. The minimum Gasteiger partial charge on any atom is -0.513 e. The van der Waals surface area contributed by atoms with Gasteiger partial charge in [0.1, 0.15) is 5.83 Å². The van der Waals surface area contributed by atoms with Crippen molar-refractivity contribution < 1.29 is 14.3 Å². The molecule has 0 saturated carbocycles. The van der Waals surface area contributed by atoms with E-state index in [1.807, 2.05) is 0 Å². The molecule has 0 spiro atoms. The maximum absolute atomic E-state index is 12.8. The number of hydrogen-bond acceptors (Lipinski definition) is 2. The molecule has 0 atom stereocenters. The van der Waals surface area contributed by atoms with Crippen LogP contribution in [0.25, 0.3) is 0 Å². The zero-order valence-corrected chi connectivity index (χ0v) is 7.10. The smallest absolute Gasteiger partial charge is 0.162 e. The third-order valence-electron chi connectivity index (χ3n) is 1.18. The molecular formula is C9H11FO2. The molecule has 0 bridgehead atoms. The molecule has 0 aromatic heterocycles. The van der Waals surface area contributed by atoms with Crippen LogP contribution >= 0.6 is 0 Å². The molecule has 0 fully saturated rings.